The van der Waals surface area contributed by atoms with Crippen LogP contribution in [0.25, 0.3) is 0 Å². The molecule has 0 heterocycles. The van der Waals surface area contributed by atoms with Gasteiger partial charge < -0.3 is 1.43 Å². The van der Waals surface area contributed by atoms with Crippen molar-refractivity contribution in [3.05, 3.63) is 0 Å². The van der Waals surface area contributed by atoms with Gasteiger partial charge in [0.1, 0.15) is 0 Å². The van der Waals surface area contributed by atoms with Crippen molar-refractivity contribution in [3.63, 3.8) is 0 Å². The Morgan fingerprint density at radius 1 is 0.0667 bits per heavy atom. The summed E-state index contributed by atoms with van der Waals surface area (Å²) in [5.74, 6) is 0. The van der Waals surface area contributed by atoms with Gasteiger partial charge in [-0.15, -0.1) is 0 Å². The first-order chi connectivity index (χ1) is 0. The van der Waals surface area contributed by atoms with Crippen molar-refractivity contribution in [3.8, 4) is 0 Å². The van der Waals surface area contributed by atoms with Crippen molar-refractivity contribution in [1.82, 2.24) is 0 Å². The Kier molecular flexibility index (Phi) is 1180000. The molecular formula is HB44Na. The van der Waals surface area contributed by atoms with E-state index in [-0.39, 0.29) is 401 Å². The Labute approximate surface area is 397 Å². The Hall–Kier alpha value is 3.86. The van der Waals surface area contributed by atoms with E-state index in [4.69, 9.17) is 0 Å². The SMILES string of the molecule is [B].[B].[B].[B].[B].[B].[B].[B].[B].[B].[B].[B].[B].[B].[B].[B].[B].[B].[B].[B].[B].[B].[B].[B].[B].[B].[B].[B].[B].[B].[B].[B].[B].[B].[B].[B].[B].[B].[B].[B].[B].[B].[B].[B].[H-].[Na+]. The summed E-state index contributed by atoms with van der Waals surface area (Å²) < 4.78 is 0. The molecule has 0 aromatic carbocycles. The van der Waals surface area contributed by atoms with Gasteiger partial charge in [0.2, 0.25) is 0 Å². The predicted molar refractivity (Wildman–Crippen MR) is 254 cm³/mol. The van der Waals surface area contributed by atoms with Crippen LogP contribution in [0.4, 0.5) is 0 Å². The number of hydrogen-bond acceptors (Lipinski definition) is 0. The van der Waals surface area contributed by atoms with Gasteiger partial charge in [0, 0.05) is 370 Å². The molecule has 0 rings (SSSR count). The van der Waals surface area contributed by atoms with Crippen LogP contribution >= 0.6 is 0 Å². The summed E-state index contributed by atoms with van der Waals surface area (Å²) in [6.07, 6.45) is 0. The van der Waals surface area contributed by atoms with Crippen LogP contribution in [-0.2, 0) is 0 Å². The summed E-state index contributed by atoms with van der Waals surface area (Å²) in [6.45, 7) is 0. The zero-order valence-corrected chi connectivity index (χ0v) is 28.4. The molecule has 0 spiro atoms. The van der Waals surface area contributed by atoms with E-state index in [1.807, 2.05) is 0 Å². The van der Waals surface area contributed by atoms with Gasteiger partial charge in [-0.3, -0.25) is 0 Å². The van der Waals surface area contributed by atoms with E-state index in [2.05, 4.69) is 0 Å². The van der Waals surface area contributed by atoms with Crippen LogP contribution in [-0.4, -0.2) is 370 Å². The monoisotopic (exact) mass is 508 g/mol. The second-order valence-corrected chi connectivity index (χ2v) is 0. The van der Waals surface area contributed by atoms with Crippen molar-refractivity contribution < 1.29 is 31.0 Å². The van der Waals surface area contributed by atoms with E-state index in [9.17, 15) is 0 Å². The van der Waals surface area contributed by atoms with E-state index in [1.54, 1.807) is 0 Å². The molecule has 0 aliphatic rings. The van der Waals surface area contributed by atoms with Crippen LogP contribution in [0.5, 0.6) is 0 Å². The maximum Gasteiger partial charge on any atom is 1.00 e. The van der Waals surface area contributed by atoms with Crippen LogP contribution in [0.1, 0.15) is 1.43 Å². The molecule has 132 radical (unpaired) electrons. The largest absolute Gasteiger partial charge is 1.00 e. The first-order valence-corrected chi connectivity index (χ1v) is 0. The molecule has 0 nitrogen and oxygen atoms in total. The molecule has 0 N–H and O–H groups in total. The minimum atomic E-state index is 0. The molecule has 45 heavy (non-hydrogen) atoms. The van der Waals surface area contributed by atoms with E-state index in [0.717, 1.165) is 0 Å². The topological polar surface area (TPSA) is 0 Å². The smallest absolute Gasteiger partial charge is 1.00 e. The second-order valence-electron chi connectivity index (χ2n) is 0. The van der Waals surface area contributed by atoms with Crippen molar-refractivity contribution in [2.24, 2.45) is 0 Å². The van der Waals surface area contributed by atoms with Gasteiger partial charge in [-0.1, -0.05) is 0 Å². The van der Waals surface area contributed by atoms with Crippen LogP contribution in [0.2, 0.25) is 0 Å². The molecule has 0 aromatic rings. The van der Waals surface area contributed by atoms with Crippen LogP contribution in [0, 0.1) is 0 Å². The summed E-state index contributed by atoms with van der Waals surface area (Å²) in [6, 6.07) is 0. The maximum absolute atomic E-state index is 0. The molecule has 0 aliphatic carbocycles. The molecule has 45 heteroatoms. The zero-order valence-electron chi connectivity index (χ0n) is 27.4. The summed E-state index contributed by atoms with van der Waals surface area (Å²) in [5.41, 5.74) is 0. The van der Waals surface area contributed by atoms with Crippen LogP contribution in [0.15, 0.2) is 0 Å². The molecule has 0 saturated carbocycles. The van der Waals surface area contributed by atoms with Gasteiger partial charge in [0.15, 0.2) is 0 Å². The first-order valence-electron chi connectivity index (χ1n) is 0. The summed E-state index contributed by atoms with van der Waals surface area (Å²) in [7, 11) is 0. The molecule has 0 atom stereocenters. The molecule has 0 fully saturated rings. The van der Waals surface area contributed by atoms with Gasteiger partial charge >= 0.3 is 29.6 Å². The fourth-order valence-corrected chi connectivity index (χ4v) is 0. The predicted octanol–water partition coefficient (Wildman–Crippen LogP) is -19.6. The van der Waals surface area contributed by atoms with Gasteiger partial charge in [-0.05, 0) is 0 Å². The Bertz CT molecular complexity index is 13.9. The molecular weight excluding hydrogens is 499 g/mol. The Balaban J connectivity index is 0. The average Bonchev–Trinajstić information content (AvgIpc) is 0. The van der Waals surface area contributed by atoms with Crippen molar-refractivity contribution in [1.29, 1.82) is 0 Å². The fourth-order valence-electron chi connectivity index (χ4n) is 0. The number of rotatable bonds is 0. The third-order valence-corrected chi connectivity index (χ3v) is 0. The van der Waals surface area contributed by atoms with Gasteiger partial charge in [-0.2, -0.15) is 0 Å². The van der Waals surface area contributed by atoms with Gasteiger partial charge in [0.25, 0.3) is 0 Å². The summed E-state index contributed by atoms with van der Waals surface area (Å²) in [5, 5.41) is 0. The molecule has 0 amide bonds. The standard InChI is InChI=1S/44B.Na.H/q;;;;;;;;;;;;;;;;;;;;;;;;;;;;;;;;;;;;;;;;;;;;+1;-1. The quantitative estimate of drug-likeness (QED) is 0.291. The molecule has 134 valence electrons. The fraction of sp³-hybridized carbons (Fsp3) is 0. The molecule has 0 aromatic heterocycles. The van der Waals surface area contributed by atoms with E-state index in [1.165, 1.54) is 0 Å². The first kappa shape index (κ1) is 7520. The molecule has 0 unspecified atom stereocenters. The minimum absolute atomic E-state index is 0. The second kappa shape index (κ2) is 7060. The summed E-state index contributed by atoms with van der Waals surface area (Å²) in [4.78, 5) is 0. The summed E-state index contributed by atoms with van der Waals surface area (Å²) >= 11 is 0. The van der Waals surface area contributed by atoms with E-state index < -0.39 is 0 Å². The zero-order chi connectivity index (χ0) is 0. The van der Waals surface area contributed by atoms with Crippen LogP contribution in [0.3, 0.4) is 0 Å². The average molecular weight is 500 g/mol. The Morgan fingerprint density at radius 3 is 0.0667 bits per heavy atom. The third kappa shape index (κ3) is 6760. The van der Waals surface area contributed by atoms with Gasteiger partial charge in [-0.25, -0.2) is 0 Å². The van der Waals surface area contributed by atoms with Crippen LogP contribution < -0.4 is 29.6 Å². The molecule has 0 bridgehead atoms. The molecule has 0 saturated heterocycles. The number of hydrogen-bond donors (Lipinski definition) is 0. The van der Waals surface area contributed by atoms with E-state index >= 15 is 0 Å². The Morgan fingerprint density at radius 2 is 0.0667 bits per heavy atom. The van der Waals surface area contributed by atoms with Crippen molar-refractivity contribution >= 4 is 370 Å². The van der Waals surface area contributed by atoms with E-state index in [0.29, 0.717) is 0 Å². The maximum atomic E-state index is 0. The van der Waals surface area contributed by atoms with Gasteiger partial charge in [0.05, 0.1) is 0 Å². The normalized spacial score (nSPS) is 0. The third-order valence-electron chi connectivity index (χ3n) is 0. The van der Waals surface area contributed by atoms with Crippen molar-refractivity contribution in [2.45, 2.75) is 0 Å². The minimum Gasteiger partial charge on any atom is -1.00 e. The molecule has 0 aliphatic heterocycles. The van der Waals surface area contributed by atoms with Crippen molar-refractivity contribution in [2.75, 3.05) is 0 Å².